The Labute approximate surface area is 235 Å². The first-order chi connectivity index (χ1) is 19.6. The van der Waals surface area contributed by atoms with Crippen LogP contribution in [0.25, 0.3) is 0 Å². The third-order valence-corrected chi connectivity index (χ3v) is 7.98. The van der Waals surface area contributed by atoms with Gasteiger partial charge in [-0.2, -0.15) is 0 Å². The molecule has 0 spiro atoms. The van der Waals surface area contributed by atoms with Crippen molar-refractivity contribution in [1.82, 2.24) is 20.0 Å². The first-order valence-corrected chi connectivity index (χ1v) is 13.9. The van der Waals surface area contributed by atoms with Crippen molar-refractivity contribution in [3.63, 3.8) is 0 Å². The first-order valence-electron chi connectivity index (χ1n) is 13.9. The Hall–Kier alpha value is -4.36. The van der Waals surface area contributed by atoms with Crippen LogP contribution < -0.4 is 10.1 Å². The fourth-order valence-corrected chi connectivity index (χ4v) is 5.99. The molecule has 3 aliphatic rings. The highest BCUT2D eigenvalue weighted by Crippen LogP contribution is 2.39. The summed E-state index contributed by atoms with van der Waals surface area (Å²) in [5.74, 6) is 1.39. The highest BCUT2D eigenvalue weighted by atomic mass is 16.5. The number of amides is 3. The third-order valence-electron chi connectivity index (χ3n) is 7.98. The lowest BCUT2D eigenvalue weighted by Crippen LogP contribution is -2.47. The second kappa shape index (κ2) is 11.4. The van der Waals surface area contributed by atoms with Gasteiger partial charge in [-0.1, -0.05) is 66.7 Å². The summed E-state index contributed by atoms with van der Waals surface area (Å²) in [6.07, 6.45) is 3.52. The predicted molar refractivity (Wildman–Crippen MR) is 155 cm³/mol. The number of carbonyl (C=O) groups is 2. The maximum Gasteiger partial charge on any atom is 0.322 e. The number of nitrogens with one attached hydrogen (secondary N) is 1. The Kier molecular flexibility index (Phi) is 7.38. The van der Waals surface area contributed by atoms with Gasteiger partial charge in [-0.3, -0.25) is 14.6 Å². The second-order valence-corrected chi connectivity index (χ2v) is 10.6. The molecule has 0 aromatic heterocycles. The van der Waals surface area contributed by atoms with E-state index in [0.717, 1.165) is 49.5 Å². The minimum atomic E-state index is -0.543. The van der Waals surface area contributed by atoms with E-state index in [2.05, 4.69) is 41.1 Å². The number of rotatable bonds is 8. The summed E-state index contributed by atoms with van der Waals surface area (Å²) in [5, 5.41) is 3.09. The Morgan fingerprint density at radius 1 is 0.900 bits per heavy atom. The number of hydrogen-bond donors (Lipinski definition) is 1. The van der Waals surface area contributed by atoms with E-state index in [1.807, 2.05) is 65.6 Å². The van der Waals surface area contributed by atoms with Gasteiger partial charge in [-0.25, -0.2) is 4.79 Å². The van der Waals surface area contributed by atoms with Gasteiger partial charge in [0.2, 0.25) is 0 Å². The molecule has 6 rings (SSSR count). The van der Waals surface area contributed by atoms with Crippen molar-refractivity contribution in [3.8, 4) is 11.5 Å². The second-order valence-electron chi connectivity index (χ2n) is 10.6. The Balaban J connectivity index is 1.22. The molecule has 3 aromatic carbocycles. The molecule has 0 aliphatic carbocycles. The summed E-state index contributed by atoms with van der Waals surface area (Å²) in [5.41, 5.74) is 3.55. The lowest BCUT2D eigenvalue weighted by molar-refractivity contribution is -0.128. The average Bonchev–Trinajstić information content (AvgIpc) is 3.33. The highest BCUT2D eigenvalue weighted by Gasteiger charge is 2.46. The Morgan fingerprint density at radius 2 is 1.60 bits per heavy atom. The quantitative estimate of drug-likeness (QED) is 0.388. The number of nitrogens with zero attached hydrogens (tertiary/aromatic N) is 3. The van der Waals surface area contributed by atoms with Crippen LogP contribution in [0.2, 0.25) is 0 Å². The number of para-hydroxylation sites is 1. The van der Waals surface area contributed by atoms with Gasteiger partial charge in [0.15, 0.2) is 0 Å². The molecule has 7 heteroatoms. The minimum Gasteiger partial charge on any atom is -0.457 e. The number of ether oxygens (including phenoxy) is 1. The number of likely N-dealkylation sites (tertiary alicyclic amines) is 1. The zero-order valence-electron chi connectivity index (χ0n) is 22.5. The summed E-state index contributed by atoms with van der Waals surface area (Å²) in [4.78, 5) is 33.4. The molecule has 3 aliphatic heterocycles. The van der Waals surface area contributed by atoms with Crippen LogP contribution in [0.3, 0.4) is 0 Å². The van der Waals surface area contributed by atoms with E-state index >= 15 is 0 Å². The van der Waals surface area contributed by atoms with Crippen LogP contribution in [0, 0.1) is 0 Å². The molecule has 1 saturated heterocycles. The molecule has 3 amide bonds. The predicted octanol–water partition coefficient (Wildman–Crippen LogP) is 5.49. The van der Waals surface area contributed by atoms with Gasteiger partial charge in [0.05, 0.1) is 23.9 Å². The molecule has 40 heavy (non-hydrogen) atoms. The summed E-state index contributed by atoms with van der Waals surface area (Å²) in [7, 11) is 0. The fourth-order valence-electron chi connectivity index (χ4n) is 5.99. The molecule has 0 saturated carbocycles. The third kappa shape index (κ3) is 5.25. The maximum atomic E-state index is 14.0. The molecule has 1 atom stereocenters. The zero-order valence-corrected chi connectivity index (χ0v) is 22.5. The standard InChI is InChI=1S/C33H34N4O3/c1-2-18-36-29-23-37(26-16-19-35(20-17-26)22-24-10-5-3-6-11-24)32(38)30(29)31(34-33(36)39)25-12-9-15-28(21-25)40-27-13-7-4-8-14-27/h2-15,21,26,31H,1,16-20,22-23H2,(H,34,39). The van der Waals surface area contributed by atoms with Crippen LogP contribution >= 0.6 is 0 Å². The zero-order chi connectivity index (χ0) is 27.5. The van der Waals surface area contributed by atoms with E-state index in [1.54, 1.807) is 11.0 Å². The van der Waals surface area contributed by atoms with Crippen molar-refractivity contribution in [1.29, 1.82) is 0 Å². The molecule has 3 heterocycles. The van der Waals surface area contributed by atoms with Crippen LogP contribution in [0.15, 0.2) is 109 Å². The topological polar surface area (TPSA) is 65.1 Å². The van der Waals surface area contributed by atoms with Gasteiger partial charge < -0.3 is 15.0 Å². The van der Waals surface area contributed by atoms with Gasteiger partial charge in [-0.15, -0.1) is 6.58 Å². The molecular weight excluding hydrogens is 500 g/mol. The SMILES string of the molecule is C=CCN1C(=O)NC(c2cccc(Oc3ccccc3)c2)C2=C1CN(C1CCN(Cc3ccccc3)CC1)C2=O. The minimum absolute atomic E-state index is 0.00459. The van der Waals surface area contributed by atoms with Crippen LogP contribution in [0.1, 0.15) is 30.0 Å². The van der Waals surface area contributed by atoms with Gasteiger partial charge in [0, 0.05) is 32.2 Å². The summed E-state index contributed by atoms with van der Waals surface area (Å²) >= 11 is 0. The van der Waals surface area contributed by atoms with Crippen molar-refractivity contribution < 1.29 is 14.3 Å². The molecule has 1 N–H and O–H groups in total. The van der Waals surface area contributed by atoms with E-state index in [9.17, 15) is 9.59 Å². The lowest BCUT2D eigenvalue weighted by atomic mass is 9.95. The molecule has 7 nitrogen and oxygen atoms in total. The molecule has 0 radical (unpaired) electrons. The smallest absolute Gasteiger partial charge is 0.322 e. The van der Waals surface area contributed by atoms with Crippen LogP contribution in [0.5, 0.6) is 11.5 Å². The van der Waals surface area contributed by atoms with Gasteiger partial charge >= 0.3 is 6.03 Å². The van der Waals surface area contributed by atoms with E-state index in [1.165, 1.54) is 5.56 Å². The number of carbonyl (C=O) groups excluding carboxylic acids is 2. The van der Waals surface area contributed by atoms with Gasteiger partial charge in [0.1, 0.15) is 11.5 Å². The first kappa shape index (κ1) is 25.9. The Morgan fingerprint density at radius 3 is 2.33 bits per heavy atom. The lowest BCUT2D eigenvalue weighted by Gasteiger charge is -2.37. The summed E-state index contributed by atoms with van der Waals surface area (Å²) < 4.78 is 6.05. The van der Waals surface area contributed by atoms with Crippen molar-refractivity contribution >= 4 is 11.9 Å². The van der Waals surface area contributed by atoms with E-state index in [0.29, 0.717) is 24.4 Å². The summed E-state index contributed by atoms with van der Waals surface area (Å²) in [6.45, 7) is 7.42. The average molecular weight is 535 g/mol. The van der Waals surface area contributed by atoms with Crippen molar-refractivity contribution in [2.75, 3.05) is 26.2 Å². The van der Waals surface area contributed by atoms with Gasteiger partial charge in [-0.05, 0) is 48.2 Å². The molecule has 3 aromatic rings. The highest BCUT2D eigenvalue weighted by molar-refractivity contribution is 6.01. The van der Waals surface area contributed by atoms with Gasteiger partial charge in [0.25, 0.3) is 5.91 Å². The number of hydrogen-bond acceptors (Lipinski definition) is 4. The van der Waals surface area contributed by atoms with Crippen LogP contribution in [-0.4, -0.2) is 58.9 Å². The molecule has 1 fully saturated rings. The van der Waals surface area contributed by atoms with Crippen molar-refractivity contribution in [3.05, 3.63) is 120 Å². The number of urea groups is 1. The molecule has 0 bridgehead atoms. The van der Waals surface area contributed by atoms with Crippen LogP contribution in [-0.2, 0) is 11.3 Å². The monoisotopic (exact) mass is 534 g/mol. The van der Waals surface area contributed by atoms with Crippen molar-refractivity contribution in [2.45, 2.75) is 31.5 Å². The number of benzene rings is 3. The van der Waals surface area contributed by atoms with Crippen LogP contribution in [0.4, 0.5) is 4.79 Å². The normalized spacial score (nSPS) is 19.9. The fraction of sp³-hybridized carbons (Fsp3) is 0.273. The largest absolute Gasteiger partial charge is 0.457 e. The summed E-state index contributed by atoms with van der Waals surface area (Å²) in [6, 6.07) is 27.1. The van der Waals surface area contributed by atoms with E-state index < -0.39 is 6.04 Å². The number of piperidine rings is 1. The molecule has 1 unspecified atom stereocenters. The molecular formula is C33H34N4O3. The molecule has 204 valence electrons. The van der Waals surface area contributed by atoms with Crippen molar-refractivity contribution in [2.24, 2.45) is 0 Å². The van der Waals surface area contributed by atoms with E-state index in [-0.39, 0.29) is 18.0 Å². The van der Waals surface area contributed by atoms with E-state index in [4.69, 9.17) is 4.74 Å². The Bertz CT molecular complexity index is 1410. The maximum absolute atomic E-state index is 14.0.